The maximum absolute atomic E-state index is 10.7. The quantitative estimate of drug-likeness (QED) is 0.651. The van der Waals surface area contributed by atoms with Crippen molar-refractivity contribution in [3.05, 3.63) is 27.9 Å². The first-order chi connectivity index (χ1) is 9.10. The van der Waals surface area contributed by atoms with E-state index in [0.717, 1.165) is 32.0 Å². The average molecular weight is 264 g/mol. The van der Waals surface area contributed by atoms with E-state index in [9.17, 15) is 10.1 Å². The normalized spacial score (nSPS) is 19.6. The van der Waals surface area contributed by atoms with Crippen LogP contribution in [0.1, 0.15) is 18.9 Å². The third-order valence-corrected chi connectivity index (χ3v) is 3.67. The van der Waals surface area contributed by atoms with Gasteiger partial charge < -0.3 is 10.2 Å². The number of anilines is 1. The van der Waals surface area contributed by atoms with Gasteiger partial charge in [-0.3, -0.25) is 10.1 Å². The molecule has 0 aromatic carbocycles. The second-order valence-electron chi connectivity index (χ2n) is 5.04. The molecule has 2 heterocycles. The van der Waals surface area contributed by atoms with E-state index in [1.165, 1.54) is 12.6 Å². The Bertz CT molecular complexity index is 464. The zero-order chi connectivity index (χ0) is 13.8. The molecule has 0 spiro atoms. The summed E-state index contributed by atoms with van der Waals surface area (Å²) in [5.41, 5.74) is 0.715. The average Bonchev–Trinajstić information content (AvgIpc) is 2.84. The molecule has 1 fully saturated rings. The van der Waals surface area contributed by atoms with Gasteiger partial charge in [0.05, 0.1) is 4.92 Å². The zero-order valence-electron chi connectivity index (χ0n) is 11.4. The van der Waals surface area contributed by atoms with E-state index >= 15 is 0 Å². The number of nitrogens with one attached hydrogen (secondary N) is 1. The molecule has 1 aromatic rings. The summed E-state index contributed by atoms with van der Waals surface area (Å²) in [7, 11) is 0. The minimum absolute atomic E-state index is 0.0728. The van der Waals surface area contributed by atoms with Crippen LogP contribution < -0.4 is 5.32 Å². The van der Waals surface area contributed by atoms with Gasteiger partial charge in [0.1, 0.15) is 12.0 Å². The van der Waals surface area contributed by atoms with Gasteiger partial charge >= 0.3 is 0 Å². The Hall–Kier alpha value is -1.69. The maximum atomic E-state index is 10.7. The van der Waals surface area contributed by atoms with Crippen molar-refractivity contribution in [1.29, 1.82) is 0 Å². The molecular formula is C13H20N4O2. The van der Waals surface area contributed by atoms with Crippen LogP contribution in [0.25, 0.3) is 0 Å². The first kappa shape index (κ1) is 13.7. The second kappa shape index (κ2) is 5.97. The van der Waals surface area contributed by atoms with E-state index in [4.69, 9.17) is 0 Å². The first-order valence-corrected chi connectivity index (χ1v) is 6.67. The van der Waals surface area contributed by atoms with Crippen LogP contribution in [0.4, 0.5) is 11.5 Å². The number of nitro groups is 1. The predicted molar refractivity (Wildman–Crippen MR) is 74.3 cm³/mol. The van der Waals surface area contributed by atoms with Gasteiger partial charge in [-0.05, 0) is 38.4 Å². The summed E-state index contributed by atoms with van der Waals surface area (Å²) in [6, 6.07) is 1.74. The molecule has 0 radical (unpaired) electrons. The molecule has 6 heteroatoms. The monoisotopic (exact) mass is 264 g/mol. The Morgan fingerprint density at radius 2 is 2.42 bits per heavy atom. The van der Waals surface area contributed by atoms with E-state index < -0.39 is 4.92 Å². The van der Waals surface area contributed by atoms with Crippen LogP contribution in [0, 0.1) is 23.0 Å². The van der Waals surface area contributed by atoms with E-state index in [0.29, 0.717) is 11.5 Å². The molecular weight excluding hydrogens is 244 g/mol. The molecule has 1 aromatic heterocycles. The third kappa shape index (κ3) is 3.41. The number of rotatable bonds is 5. The molecule has 1 unspecified atom stereocenters. The minimum atomic E-state index is -0.401. The summed E-state index contributed by atoms with van der Waals surface area (Å²) in [5.74, 6) is 1.36. The standard InChI is InChI=1S/C13H20N4O2/c1-3-16-5-4-11(9-16)7-14-13-6-10(2)12(8-15-13)17(18)19/h6,8,11H,3-5,7,9H2,1-2H3,(H,14,15). The molecule has 0 saturated carbocycles. The van der Waals surface area contributed by atoms with E-state index in [1.807, 2.05) is 0 Å². The molecule has 1 aliphatic heterocycles. The summed E-state index contributed by atoms with van der Waals surface area (Å²) >= 11 is 0. The molecule has 0 bridgehead atoms. The van der Waals surface area contributed by atoms with E-state index in [2.05, 4.69) is 22.1 Å². The van der Waals surface area contributed by atoms with Crippen molar-refractivity contribution < 1.29 is 4.92 Å². The van der Waals surface area contributed by atoms with Crippen LogP contribution >= 0.6 is 0 Å². The van der Waals surface area contributed by atoms with Crippen molar-refractivity contribution in [2.45, 2.75) is 20.3 Å². The van der Waals surface area contributed by atoms with Crippen LogP contribution in [-0.2, 0) is 0 Å². The molecule has 0 aliphatic carbocycles. The smallest absolute Gasteiger partial charge is 0.290 e. The van der Waals surface area contributed by atoms with Crippen molar-refractivity contribution in [3.63, 3.8) is 0 Å². The summed E-state index contributed by atoms with van der Waals surface area (Å²) in [5, 5.41) is 14.0. The number of likely N-dealkylation sites (tertiary alicyclic amines) is 1. The van der Waals surface area contributed by atoms with Gasteiger partial charge in [0.15, 0.2) is 0 Å². The molecule has 1 atom stereocenters. The molecule has 19 heavy (non-hydrogen) atoms. The summed E-state index contributed by atoms with van der Waals surface area (Å²) in [6.07, 6.45) is 2.53. The second-order valence-corrected chi connectivity index (χ2v) is 5.04. The van der Waals surface area contributed by atoms with E-state index in [1.54, 1.807) is 13.0 Å². The molecule has 1 saturated heterocycles. The predicted octanol–water partition coefficient (Wildman–Crippen LogP) is 2.05. The summed E-state index contributed by atoms with van der Waals surface area (Å²) < 4.78 is 0. The van der Waals surface area contributed by atoms with Crippen molar-refractivity contribution in [3.8, 4) is 0 Å². The SMILES string of the molecule is CCN1CCC(CNc2cc(C)c([N+](=O)[O-])cn2)C1. The van der Waals surface area contributed by atoms with Crippen molar-refractivity contribution in [2.75, 3.05) is 31.5 Å². The molecule has 6 nitrogen and oxygen atoms in total. The van der Waals surface area contributed by atoms with Crippen LogP contribution in [0.3, 0.4) is 0 Å². The lowest BCUT2D eigenvalue weighted by Crippen LogP contribution is -2.22. The van der Waals surface area contributed by atoms with Crippen molar-refractivity contribution in [1.82, 2.24) is 9.88 Å². The number of aromatic nitrogens is 1. The molecule has 104 valence electrons. The fourth-order valence-corrected chi connectivity index (χ4v) is 2.45. The molecule has 2 rings (SSSR count). The Morgan fingerprint density at radius 1 is 1.63 bits per heavy atom. The summed E-state index contributed by atoms with van der Waals surface area (Å²) in [6.45, 7) is 8.17. The van der Waals surface area contributed by atoms with Crippen LogP contribution in [-0.4, -0.2) is 41.0 Å². The highest BCUT2D eigenvalue weighted by Gasteiger charge is 2.21. The Kier molecular flexibility index (Phi) is 4.31. The lowest BCUT2D eigenvalue weighted by molar-refractivity contribution is -0.385. The summed E-state index contributed by atoms with van der Waals surface area (Å²) in [4.78, 5) is 16.8. The molecule has 0 amide bonds. The minimum Gasteiger partial charge on any atom is -0.370 e. The fraction of sp³-hybridized carbons (Fsp3) is 0.615. The van der Waals surface area contributed by atoms with Gasteiger partial charge in [-0.2, -0.15) is 0 Å². The zero-order valence-corrected chi connectivity index (χ0v) is 11.4. The Morgan fingerprint density at radius 3 is 3.00 bits per heavy atom. The number of hydrogen-bond donors (Lipinski definition) is 1. The highest BCUT2D eigenvalue weighted by molar-refractivity contribution is 5.46. The van der Waals surface area contributed by atoms with Gasteiger partial charge in [-0.15, -0.1) is 0 Å². The van der Waals surface area contributed by atoms with Gasteiger partial charge in [-0.25, -0.2) is 4.98 Å². The van der Waals surface area contributed by atoms with Gasteiger partial charge in [0.25, 0.3) is 5.69 Å². The topological polar surface area (TPSA) is 71.3 Å². The van der Waals surface area contributed by atoms with Crippen molar-refractivity contribution in [2.24, 2.45) is 5.92 Å². The lowest BCUT2D eigenvalue weighted by atomic mass is 10.1. The third-order valence-electron chi connectivity index (χ3n) is 3.67. The maximum Gasteiger partial charge on any atom is 0.290 e. The van der Waals surface area contributed by atoms with E-state index in [-0.39, 0.29) is 5.69 Å². The molecule has 1 N–H and O–H groups in total. The van der Waals surface area contributed by atoms with Gasteiger partial charge in [0.2, 0.25) is 0 Å². The highest BCUT2D eigenvalue weighted by atomic mass is 16.6. The van der Waals surface area contributed by atoms with Crippen LogP contribution in [0.5, 0.6) is 0 Å². The number of pyridine rings is 1. The van der Waals surface area contributed by atoms with Gasteiger partial charge in [0, 0.05) is 18.7 Å². The van der Waals surface area contributed by atoms with Crippen LogP contribution in [0.15, 0.2) is 12.3 Å². The van der Waals surface area contributed by atoms with Crippen molar-refractivity contribution >= 4 is 11.5 Å². The van der Waals surface area contributed by atoms with Gasteiger partial charge in [-0.1, -0.05) is 6.92 Å². The number of hydrogen-bond acceptors (Lipinski definition) is 5. The highest BCUT2D eigenvalue weighted by Crippen LogP contribution is 2.20. The Balaban J connectivity index is 1.90. The lowest BCUT2D eigenvalue weighted by Gasteiger charge is -2.14. The first-order valence-electron chi connectivity index (χ1n) is 6.67. The Labute approximate surface area is 113 Å². The largest absolute Gasteiger partial charge is 0.370 e. The van der Waals surface area contributed by atoms with Crippen LogP contribution in [0.2, 0.25) is 0 Å². The molecule has 1 aliphatic rings. The fourth-order valence-electron chi connectivity index (χ4n) is 2.45. The number of aryl methyl sites for hydroxylation is 1. The number of nitrogens with zero attached hydrogens (tertiary/aromatic N) is 3.